The third kappa shape index (κ3) is 3.25. The van der Waals surface area contributed by atoms with Gasteiger partial charge in [0, 0.05) is 5.69 Å². The predicted octanol–water partition coefficient (Wildman–Crippen LogP) is 3.10. The summed E-state index contributed by atoms with van der Waals surface area (Å²) in [6.07, 6.45) is 3.41. The molecule has 2 aromatic rings. The van der Waals surface area contributed by atoms with Gasteiger partial charge in [-0.1, -0.05) is 47.5 Å². The van der Waals surface area contributed by atoms with Gasteiger partial charge in [-0.15, -0.1) is 0 Å². The van der Waals surface area contributed by atoms with Crippen LogP contribution in [0.2, 0.25) is 0 Å². The Kier molecular flexibility index (Phi) is 4.68. The maximum Gasteiger partial charge on any atom is 0.241 e. The molecule has 2 bridgehead atoms. The Morgan fingerprint density at radius 3 is 2.35 bits per heavy atom. The van der Waals surface area contributed by atoms with Crippen LogP contribution >= 0.6 is 12.2 Å². The summed E-state index contributed by atoms with van der Waals surface area (Å²) in [7, 11) is 0. The van der Waals surface area contributed by atoms with Crippen LogP contribution in [0.15, 0.2) is 60.7 Å². The molecule has 4 atom stereocenters. The molecule has 6 nitrogen and oxygen atoms in total. The van der Waals surface area contributed by atoms with Crippen LogP contribution in [-0.2, 0) is 14.3 Å². The molecular weight excluding hydrogens is 410 g/mol. The van der Waals surface area contributed by atoms with Crippen molar-refractivity contribution in [3.05, 3.63) is 71.8 Å². The van der Waals surface area contributed by atoms with Crippen LogP contribution in [0.4, 0.5) is 11.4 Å². The number of hydrogen-bond acceptors (Lipinski definition) is 4. The fourth-order valence-corrected chi connectivity index (χ4v) is 4.88. The van der Waals surface area contributed by atoms with E-state index in [0.29, 0.717) is 17.3 Å². The molecule has 7 heteroatoms. The zero-order valence-corrected chi connectivity index (χ0v) is 18.1. The Bertz CT molecular complexity index is 1100. The zero-order valence-electron chi connectivity index (χ0n) is 17.3. The number of hydrogen-bond donors (Lipinski definition) is 2. The summed E-state index contributed by atoms with van der Waals surface area (Å²) >= 11 is 5.43. The molecular formula is C24H23N3O3S. The molecule has 0 spiro atoms. The summed E-state index contributed by atoms with van der Waals surface area (Å²) < 4.78 is 6.16. The second-order valence-corrected chi connectivity index (χ2v) is 8.83. The lowest BCUT2D eigenvalue weighted by Gasteiger charge is -2.29. The number of rotatable bonds is 4. The molecule has 2 fully saturated rings. The van der Waals surface area contributed by atoms with Gasteiger partial charge in [-0.05, 0) is 50.3 Å². The van der Waals surface area contributed by atoms with Crippen molar-refractivity contribution in [3.8, 4) is 0 Å². The van der Waals surface area contributed by atoms with Gasteiger partial charge in [0.05, 0.1) is 30.2 Å². The van der Waals surface area contributed by atoms with Gasteiger partial charge in [0.15, 0.2) is 5.11 Å². The first-order valence-electron chi connectivity index (χ1n) is 10.3. The summed E-state index contributed by atoms with van der Waals surface area (Å²) in [6.45, 7) is 4.30. The molecule has 2 saturated heterocycles. The summed E-state index contributed by atoms with van der Waals surface area (Å²) in [4.78, 5) is 27.8. The van der Waals surface area contributed by atoms with Crippen LogP contribution < -0.4 is 15.5 Å². The van der Waals surface area contributed by atoms with Crippen LogP contribution in [-0.4, -0.2) is 35.2 Å². The number of nitrogens with zero attached hydrogens (tertiary/aromatic N) is 1. The molecule has 5 rings (SSSR count). The van der Waals surface area contributed by atoms with Crippen LogP contribution in [0.3, 0.4) is 0 Å². The average molecular weight is 434 g/mol. The average Bonchev–Trinajstić information content (AvgIpc) is 3.40. The summed E-state index contributed by atoms with van der Waals surface area (Å²) in [5.41, 5.74) is 2.83. The van der Waals surface area contributed by atoms with Gasteiger partial charge in [0.2, 0.25) is 11.8 Å². The highest BCUT2D eigenvalue weighted by Crippen LogP contribution is 2.52. The van der Waals surface area contributed by atoms with E-state index in [-0.39, 0.29) is 11.8 Å². The minimum absolute atomic E-state index is 0.199. The number of thiocarbonyl (C=S) groups is 1. The van der Waals surface area contributed by atoms with Crippen LogP contribution in [0.5, 0.6) is 0 Å². The van der Waals surface area contributed by atoms with Crippen molar-refractivity contribution in [1.29, 1.82) is 0 Å². The molecule has 2 N–H and O–H groups in total. The summed E-state index contributed by atoms with van der Waals surface area (Å²) in [6, 6.07) is 15.3. The molecule has 2 amide bonds. The minimum Gasteiger partial charge on any atom is -0.360 e. The zero-order chi connectivity index (χ0) is 21.8. The van der Waals surface area contributed by atoms with Crippen LogP contribution in [0, 0.1) is 25.7 Å². The molecule has 158 valence electrons. The monoisotopic (exact) mass is 433 g/mol. The van der Waals surface area contributed by atoms with E-state index in [1.165, 1.54) is 10.5 Å². The lowest BCUT2D eigenvalue weighted by molar-refractivity contribution is -0.126. The predicted molar refractivity (Wildman–Crippen MR) is 123 cm³/mol. The molecule has 0 unspecified atom stereocenters. The number of fused-ring (bicyclic) bond motifs is 5. The van der Waals surface area contributed by atoms with Crippen molar-refractivity contribution in [2.24, 2.45) is 11.8 Å². The molecule has 3 aliphatic rings. The molecule has 0 saturated carbocycles. The summed E-state index contributed by atoms with van der Waals surface area (Å²) in [5.74, 6) is -1.48. The number of carbonyl (C=O) groups is 2. The SMILES string of the molecule is Cc1ccc(NC(=S)NC[C@@]23C=C[C@@H](O2)[C@H]2C(=O)N(c4ccc(C)cc4)C(=O)[C@@H]23)cc1. The second-order valence-electron chi connectivity index (χ2n) is 8.42. The fraction of sp³-hybridized carbons (Fsp3) is 0.292. The van der Waals surface area contributed by atoms with E-state index in [9.17, 15) is 9.59 Å². The number of carbonyl (C=O) groups excluding carboxylic acids is 2. The van der Waals surface area contributed by atoms with Gasteiger partial charge in [-0.25, -0.2) is 4.90 Å². The van der Waals surface area contributed by atoms with Gasteiger partial charge in [0.1, 0.15) is 5.60 Å². The van der Waals surface area contributed by atoms with Crippen molar-refractivity contribution < 1.29 is 14.3 Å². The van der Waals surface area contributed by atoms with Crippen molar-refractivity contribution >= 4 is 40.5 Å². The van der Waals surface area contributed by atoms with E-state index < -0.39 is 23.5 Å². The van der Waals surface area contributed by atoms with E-state index >= 15 is 0 Å². The lowest BCUT2D eigenvalue weighted by Crippen LogP contribution is -2.49. The molecule has 0 radical (unpaired) electrons. The Labute approximate surface area is 186 Å². The van der Waals surface area contributed by atoms with Gasteiger partial charge >= 0.3 is 0 Å². The van der Waals surface area contributed by atoms with Crippen molar-refractivity contribution in [3.63, 3.8) is 0 Å². The Morgan fingerprint density at radius 1 is 1.03 bits per heavy atom. The summed E-state index contributed by atoms with van der Waals surface area (Å²) in [5, 5.41) is 6.76. The smallest absolute Gasteiger partial charge is 0.241 e. The normalized spacial score (nSPS) is 28.2. The van der Waals surface area contributed by atoms with Crippen LogP contribution in [0.25, 0.3) is 0 Å². The van der Waals surface area contributed by atoms with Crippen molar-refractivity contribution in [2.75, 3.05) is 16.8 Å². The van der Waals surface area contributed by atoms with E-state index in [1.807, 2.05) is 74.5 Å². The fourth-order valence-electron chi connectivity index (χ4n) is 4.69. The van der Waals surface area contributed by atoms with Crippen molar-refractivity contribution in [2.45, 2.75) is 25.6 Å². The third-order valence-electron chi connectivity index (χ3n) is 6.28. The maximum atomic E-state index is 13.4. The van der Waals surface area contributed by atoms with Gasteiger partial charge in [-0.2, -0.15) is 0 Å². The largest absolute Gasteiger partial charge is 0.360 e. The Morgan fingerprint density at radius 2 is 1.68 bits per heavy atom. The highest BCUT2D eigenvalue weighted by molar-refractivity contribution is 7.80. The number of imide groups is 1. The molecule has 3 heterocycles. The maximum absolute atomic E-state index is 13.4. The number of benzene rings is 2. The standard InChI is InChI=1S/C24H23N3O3S/c1-14-3-7-16(8-4-14)26-23(31)25-13-24-12-11-18(30-24)19-20(24)22(29)27(21(19)28)17-9-5-15(2)6-10-17/h3-12,18-20H,13H2,1-2H3,(H2,25,26,31)/t18-,19-,20-,24-/m1/s1. The van der Waals surface area contributed by atoms with E-state index in [1.54, 1.807) is 0 Å². The molecule has 2 aromatic carbocycles. The topological polar surface area (TPSA) is 70.7 Å². The number of nitrogens with one attached hydrogen (secondary N) is 2. The quantitative estimate of drug-likeness (QED) is 0.439. The lowest BCUT2D eigenvalue weighted by atomic mass is 9.77. The van der Waals surface area contributed by atoms with E-state index in [0.717, 1.165) is 11.3 Å². The number of amides is 2. The van der Waals surface area contributed by atoms with Gasteiger partial charge in [-0.3, -0.25) is 9.59 Å². The second kappa shape index (κ2) is 7.28. The van der Waals surface area contributed by atoms with E-state index in [4.69, 9.17) is 17.0 Å². The number of ether oxygens (including phenoxy) is 1. The van der Waals surface area contributed by atoms with Crippen molar-refractivity contribution in [1.82, 2.24) is 5.32 Å². The highest BCUT2D eigenvalue weighted by Gasteiger charge is 2.67. The minimum atomic E-state index is -0.888. The van der Waals surface area contributed by atoms with E-state index in [2.05, 4.69) is 10.6 Å². The first-order chi connectivity index (χ1) is 14.9. The number of anilines is 2. The first kappa shape index (κ1) is 19.9. The van der Waals surface area contributed by atoms with Gasteiger partial charge in [0.25, 0.3) is 0 Å². The highest BCUT2D eigenvalue weighted by atomic mass is 32.1. The molecule has 3 aliphatic heterocycles. The first-order valence-corrected chi connectivity index (χ1v) is 10.7. The number of aryl methyl sites for hydroxylation is 2. The Balaban J connectivity index is 1.33. The Hall–Kier alpha value is -3.03. The molecule has 31 heavy (non-hydrogen) atoms. The molecule has 0 aliphatic carbocycles. The third-order valence-corrected chi connectivity index (χ3v) is 6.53. The molecule has 0 aromatic heterocycles. The van der Waals surface area contributed by atoms with Crippen LogP contribution in [0.1, 0.15) is 11.1 Å². The van der Waals surface area contributed by atoms with Gasteiger partial charge < -0.3 is 15.4 Å².